The minimum absolute atomic E-state index is 0.130. The molecule has 69 heavy (non-hydrogen) atoms. The summed E-state index contributed by atoms with van der Waals surface area (Å²) in [5.41, 5.74) is -2.73. The number of unbranched alkanes of at least 4 members (excludes halogenated alkanes) is 8. The molecule has 4 N–H and O–H groups in total. The van der Waals surface area contributed by atoms with E-state index in [4.69, 9.17) is 18.9 Å². The Balaban J connectivity index is 1.19. The topological polar surface area (TPSA) is 158 Å². The molecule has 0 bridgehead atoms. The summed E-state index contributed by atoms with van der Waals surface area (Å²) in [6, 6.07) is 21.4. The third-order valence-electron chi connectivity index (χ3n) is 16.1. The van der Waals surface area contributed by atoms with Crippen molar-refractivity contribution >= 4 is 29.7 Å². The van der Waals surface area contributed by atoms with E-state index in [0.29, 0.717) is 18.5 Å². The van der Waals surface area contributed by atoms with Crippen LogP contribution in [0.3, 0.4) is 0 Å². The van der Waals surface area contributed by atoms with Crippen molar-refractivity contribution in [3.05, 3.63) is 60.7 Å². The van der Waals surface area contributed by atoms with Crippen LogP contribution in [0.2, 0.25) is 0 Å². The summed E-state index contributed by atoms with van der Waals surface area (Å²) < 4.78 is 24.6. The van der Waals surface area contributed by atoms with E-state index < -0.39 is 73.0 Å². The van der Waals surface area contributed by atoms with Gasteiger partial charge in [-0.15, -0.1) is 0 Å². The second-order valence-corrected chi connectivity index (χ2v) is 26.7. The normalized spacial score (nSPS) is 33.8. The molecule has 3 aliphatic heterocycles. The molecule has 0 unspecified atom stereocenters. The Labute approximate surface area is 416 Å². The second kappa shape index (κ2) is 26.4. The van der Waals surface area contributed by atoms with Crippen LogP contribution in [-0.4, -0.2) is 148 Å². The fourth-order valence-corrected chi connectivity index (χ4v) is 17.5. The van der Waals surface area contributed by atoms with Crippen LogP contribution in [0, 0.1) is 17.8 Å². The van der Waals surface area contributed by atoms with Gasteiger partial charge in [0, 0.05) is 12.6 Å². The minimum Gasteiger partial charge on any atom is -0.388 e. The van der Waals surface area contributed by atoms with E-state index in [1.807, 2.05) is 39.8 Å². The molecule has 0 saturated carbocycles. The summed E-state index contributed by atoms with van der Waals surface area (Å²) in [7, 11) is 1.84. The van der Waals surface area contributed by atoms with E-state index in [-0.39, 0.29) is 56.2 Å². The van der Waals surface area contributed by atoms with Crippen LogP contribution in [0.5, 0.6) is 0 Å². The van der Waals surface area contributed by atoms with E-state index >= 15 is 0 Å². The predicted molar refractivity (Wildman–Crippen MR) is 279 cm³/mol. The molecule has 0 aliphatic carbocycles. The van der Waals surface area contributed by atoms with Crippen molar-refractivity contribution in [1.29, 1.82) is 0 Å². The van der Waals surface area contributed by atoms with Crippen LogP contribution < -0.4 is 10.6 Å². The van der Waals surface area contributed by atoms with Crippen molar-refractivity contribution in [3.8, 4) is 0 Å². The van der Waals surface area contributed by atoms with Gasteiger partial charge in [-0.25, -0.2) is 0 Å². The van der Waals surface area contributed by atoms with E-state index in [0.717, 1.165) is 32.5 Å². The van der Waals surface area contributed by atoms with Crippen molar-refractivity contribution in [2.75, 3.05) is 40.0 Å². The second-order valence-electron chi connectivity index (χ2n) is 22.3. The number of hydrogen-bond acceptors (Lipinski definition) is 11. The van der Waals surface area contributed by atoms with Crippen molar-refractivity contribution < 1.29 is 49.0 Å². The van der Waals surface area contributed by atoms with E-state index in [1.54, 1.807) is 32.6 Å². The molecule has 392 valence electrons. The van der Waals surface area contributed by atoms with E-state index in [1.165, 1.54) is 55.8 Å². The molecule has 12 nitrogen and oxygen atoms in total. The van der Waals surface area contributed by atoms with Gasteiger partial charge in [-0.05, 0) is 79.3 Å². The van der Waals surface area contributed by atoms with Crippen molar-refractivity contribution in [1.82, 2.24) is 9.80 Å². The molecule has 3 saturated heterocycles. The number of esters is 1. The van der Waals surface area contributed by atoms with Crippen LogP contribution in [0.1, 0.15) is 145 Å². The predicted octanol–water partition coefficient (Wildman–Crippen LogP) is 7.60. The van der Waals surface area contributed by atoms with Crippen LogP contribution in [0.25, 0.3) is 0 Å². The van der Waals surface area contributed by atoms with Gasteiger partial charge in [0.1, 0.15) is 23.9 Å². The minimum atomic E-state index is -1.98. The van der Waals surface area contributed by atoms with Gasteiger partial charge in [0.25, 0.3) is 0 Å². The summed E-state index contributed by atoms with van der Waals surface area (Å²) in [6.07, 6.45) is 7.16. The molecule has 5 rings (SSSR count). The van der Waals surface area contributed by atoms with Crippen molar-refractivity contribution in [2.24, 2.45) is 17.8 Å². The third kappa shape index (κ3) is 14.8. The van der Waals surface area contributed by atoms with Gasteiger partial charge >= 0.3 is 184 Å². The standard InChI is InChI=1S/C56H93N2O10P/c1-11-48-56(8,64)51(61)43(6)58(36-39(2)35-55(7,63)52(40(3)33-41(4)53(62)67-48)68-54-50(60)47(57(9)10)34-42(5)66-54)49(59)31-25-17-15-13-12-14-16-18-26-32-69(46-37-65-38-46,44-27-21-19-22-28-44)45-29-23-20-24-30-45/h19-24,27-30,39-43,46-48,50-52,54,60-61,63-64,69H,11-18,25-26,31-38H2,1-10H3/t39-,40+,41-,42-,43-,47+,48-,50-,51-,52-,54+,55-,56-/m1/s1. The van der Waals surface area contributed by atoms with E-state index in [9.17, 15) is 30.0 Å². The number of aliphatic hydroxyl groups excluding tert-OH is 2. The number of ether oxygens (including phenoxy) is 4. The molecular formula is C56H93N2O10P. The summed E-state index contributed by atoms with van der Waals surface area (Å²) in [5.74, 6) is -1.97. The van der Waals surface area contributed by atoms with Gasteiger partial charge in [-0.2, -0.15) is 0 Å². The fourth-order valence-electron chi connectivity index (χ4n) is 12.1. The number of carbonyl (C=O) groups excluding carboxylic acids is 2. The number of nitrogens with zero attached hydrogens (tertiary/aromatic N) is 2. The average Bonchev–Trinajstić information content (AvgIpc) is 3.29. The van der Waals surface area contributed by atoms with Crippen molar-refractivity contribution in [2.45, 2.75) is 211 Å². The molecule has 3 fully saturated rings. The van der Waals surface area contributed by atoms with Gasteiger partial charge in [0.05, 0.1) is 29.8 Å². The summed E-state index contributed by atoms with van der Waals surface area (Å²) in [6.45, 7) is 16.2. The molecule has 0 spiro atoms. The number of likely N-dealkylation sites (N-methyl/N-ethyl adjacent to an activating group) is 1. The number of hydrogen-bond donors (Lipinski definition) is 4. The Bertz CT molecular complexity index is 1790. The van der Waals surface area contributed by atoms with Crippen LogP contribution in [-0.2, 0) is 28.5 Å². The average molecular weight is 985 g/mol. The van der Waals surface area contributed by atoms with Gasteiger partial charge in [-0.1, -0.05) is 27.7 Å². The molecular weight excluding hydrogens is 892 g/mol. The molecule has 13 heteroatoms. The monoisotopic (exact) mass is 985 g/mol. The van der Waals surface area contributed by atoms with Gasteiger partial charge in [0.15, 0.2) is 6.29 Å². The molecule has 1 amide bonds. The molecule has 0 radical (unpaired) electrons. The molecule has 3 heterocycles. The van der Waals surface area contributed by atoms with Gasteiger partial charge < -0.3 is 44.4 Å². The summed E-state index contributed by atoms with van der Waals surface area (Å²) >= 11 is 0. The SMILES string of the molecule is CC[C@H]1OC(=O)[C@H](C)C[C@H](C)[C@@H](O[C@@H]2O[C@H](C)C[C@H](N(C)C)[C@H]2O)[C@](C)(O)C[C@@H](C)CN(C(=O)CCCCCCCCCCC[PH](c2ccccc2)(c2ccccc2)C2COC2)[C@H](C)[C@@H](O)[C@]1(C)O. The smallest absolute Gasteiger partial charge is 0.126 e. The first-order chi connectivity index (χ1) is 32.7. The summed E-state index contributed by atoms with van der Waals surface area (Å²) in [5, 5.41) is 50.7. The van der Waals surface area contributed by atoms with Crippen molar-refractivity contribution in [3.63, 3.8) is 0 Å². The first-order valence-corrected chi connectivity index (χ1v) is 29.0. The number of cyclic esters (lactones) is 1. The fraction of sp³-hybridized carbons (Fsp3) is 0.750. The van der Waals surface area contributed by atoms with E-state index in [2.05, 4.69) is 60.7 Å². The third-order valence-corrected chi connectivity index (χ3v) is 21.7. The van der Waals surface area contributed by atoms with Crippen LogP contribution >= 0.6 is 7.26 Å². The summed E-state index contributed by atoms with van der Waals surface area (Å²) in [4.78, 5) is 31.6. The Morgan fingerprint density at radius 1 is 0.826 bits per heavy atom. The quantitative estimate of drug-likeness (QED) is 0.0624. The zero-order valence-corrected chi connectivity index (χ0v) is 45.1. The van der Waals surface area contributed by atoms with Gasteiger partial charge in [-0.3, -0.25) is 9.59 Å². The Morgan fingerprint density at radius 3 is 1.90 bits per heavy atom. The molecule has 3 aliphatic rings. The Hall–Kier alpha value is -2.51. The molecule has 2 aromatic rings. The zero-order chi connectivity index (χ0) is 50.5. The Morgan fingerprint density at radius 2 is 1.38 bits per heavy atom. The Kier molecular flexibility index (Phi) is 22.0. The number of benzene rings is 2. The van der Waals surface area contributed by atoms with Crippen LogP contribution in [0.15, 0.2) is 60.7 Å². The number of rotatable bonds is 19. The first kappa shape index (κ1) is 57.4. The molecule has 0 aromatic heterocycles. The van der Waals surface area contributed by atoms with Gasteiger partial charge in [0.2, 0.25) is 0 Å². The number of carbonyl (C=O) groups is 2. The number of amides is 1. The number of aliphatic hydroxyl groups is 4. The zero-order valence-electron chi connectivity index (χ0n) is 44.1. The maximum Gasteiger partial charge on any atom is 0.126 e. The maximum atomic E-state index is 14.3. The first-order valence-electron chi connectivity index (χ1n) is 26.7. The van der Waals surface area contributed by atoms with Crippen LogP contribution in [0.4, 0.5) is 0 Å². The molecule has 13 atom stereocenters. The maximum absolute atomic E-state index is 14.3. The largest absolute Gasteiger partial charge is 0.388 e. The molecule has 2 aromatic carbocycles.